The SMILES string of the molecule is C=CC(=O)NC(CO)OCCCC. The van der Waals surface area contributed by atoms with Gasteiger partial charge < -0.3 is 15.2 Å². The first-order valence-corrected chi connectivity index (χ1v) is 4.40. The molecule has 0 radical (unpaired) electrons. The first-order chi connectivity index (χ1) is 6.24. The van der Waals surface area contributed by atoms with Crippen molar-refractivity contribution in [3.63, 3.8) is 0 Å². The zero-order valence-electron chi connectivity index (χ0n) is 7.95. The minimum absolute atomic E-state index is 0.219. The molecule has 0 aromatic heterocycles. The first kappa shape index (κ1) is 12.1. The van der Waals surface area contributed by atoms with E-state index in [1.807, 2.05) is 6.92 Å². The third-order valence-corrected chi connectivity index (χ3v) is 1.47. The molecule has 0 aliphatic rings. The highest BCUT2D eigenvalue weighted by atomic mass is 16.5. The molecule has 0 aromatic carbocycles. The summed E-state index contributed by atoms with van der Waals surface area (Å²) >= 11 is 0. The molecule has 0 saturated carbocycles. The zero-order valence-corrected chi connectivity index (χ0v) is 7.95. The largest absolute Gasteiger partial charge is 0.392 e. The summed E-state index contributed by atoms with van der Waals surface area (Å²) in [4.78, 5) is 10.8. The van der Waals surface area contributed by atoms with Crippen LogP contribution in [0.4, 0.5) is 0 Å². The van der Waals surface area contributed by atoms with Gasteiger partial charge in [-0.2, -0.15) is 0 Å². The number of aliphatic hydroxyl groups is 1. The average Bonchev–Trinajstić information content (AvgIpc) is 2.16. The lowest BCUT2D eigenvalue weighted by molar-refractivity contribution is -0.122. The third kappa shape index (κ3) is 6.31. The summed E-state index contributed by atoms with van der Waals surface area (Å²) in [6, 6.07) is 0. The summed E-state index contributed by atoms with van der Waals surface area (Å²) in [6.07, 6.45) is 2.47. The number of unbranched alkanes of at least 4 members (excludes halogenated alkanes) is 1. The van der Waals surface area contributed by atoms with E-state index in [1.165, 1.54) is 0 Å². The Morgan fingerprint density at radius 3 is 2.92 bits per heavy atom. The van der Waals surface area contributed by atoms with Crippen LogP contribution in [0.15, 0.2) is 12.7 Å². The highest BCUT2D eigenvalue weighted by molar-refractivity contribution is 5.86. The van der Waals surface area contributed by atoms with Crippen LogP contribution in [-0.2, 0) is 9.53 Å². The number of carbonyl (C=O) groups is 1. The van der Waals surface area contributed by atoms with Gasteiger partial charge in [0, 0.05) is 6.61 Å². The average molecular weight is 187 g/mol. The lowest BCUT2D eigenvalue weighted by atomic mass is 10.4. The molecule has 0 aliphatic heterocycles. The molecule has 1 atom stereocenters. The van der Waals surface area contributed by atoms with Gasteiger partial charge in [0.15, 0.2) is 6.23 Å². The Bertz CT molecular complexity index is 159. The number of ether oxygens (including phenoxy) is 1. The Hall–Kier alpha value is -0.870. The Balaban J connectivity index is 3.62. The quantitative estimate of drug-likeness (QED) is 0.345. The smallest absolute Gasteiger partial charge is 0.245 e. The van der Waals surface area contributed by atoms with Crippen molar-refractivity contribution in [1.82, 2.24) is 5.32 Å². The van der Waals surface area contributed by atoms with Gasteiger partial charge in [-0.05, 0) is 12.5 Å². The van der Waals surface area contributed by atoms with Gasteiger partial charge in [0.2, 0.25) is 5.91 Å². The summed E-state index contributed by atoms with van der Waals surface area (Å²) in [5.41, 5.74) is 0. The van der Waals surface area contributed by atoms with E-state index in [4.69, 9.17) is 9.84 Å². The number of carbonyl (C=O) groups excluding carboxylic acids is 1. The number of hydrogen-bond acceptors (Lipinski definition) is 3. The van der Waals surface area contributed by atoms with E-state index in [0.717, 1.165) is 18.9 Å². The zero-order chi connectivity index (χ0) is 10.1. The van der Waals surface area contributed by atoms with Crippen LogP contribution in [0.1, 0.15) is 19.8 Å². The molecular weight excluding hydrogens is 170 g/mol. The van der Waals surface area contributed by atoms with Crippen LogP contribution in [0, 0.1) is 0 Å². The van der Waals surface area contributed by atoms with Gasteiger partial charge in [-0.1, -0.05) is 19.9 Å². The lowest BCUT2D eigenvalue weighted by Crippen LogP contribution is -2.38. The van der Waals surface area contributed by atoms with Crippen molar-refractivity contribution in [3.05, 3.63) is 12.7 Å². The molecule has 0 heterocycles. The Kier molecular flexibility index (Phi) is 7.24. The van der Waals surface area contributed by atoms with Gasteiger partial charge in [0.25, 0.3) is 0 Å². The molecule has 1 unspecified atom stereocenters. The summed E-state index contributed by atoms with van der Waals surface area (Å²) in [5.74, 6) is -0.337. The summed E-state index contributed by atoms with van der Waals surface area (Å²) in [7, 11) is 0. The van der Waals surface area contributed by atoms with Crippen LogP contribution in [0.2, 0.25) is 0 Å². The number of aliphatic hydroxyl groups excluding tert-OH is 1. The van der Waals surface area contributed by atoms with Crippen LogP contribution in [-0.4, -0.2) is 30.5 Å². The second-order valence-corrected chi connectivity index (χ2v) is 2.61. The van der Waals surface area contributed by atoms with Gasteiger partial charge in [0.1, 0.15) is 0 Å². The molecular formula is C9H17NO3. The fourth-order valence-electron chi connectivity index (χ4n) is 0.728. The maximum atomic E-state index is 10.8. The van der Waals surface area contributed by atoms with Gasteiger partial charge in [-0.3, -0.25) is 4.79 Å². The molecule has 0 fully saturated rings. The summed E-state index contributed by atoms with van der Waals surface area (Å²) in [5, 5.41) is 11.2. The maximum Gasteiger partial charge on any atom is 0.245 e. The molecule has 0 bridgehead atoms. The van der Waals surface area contributed by atoms with E-state index < -0.39 is 6.23 Å². The molecule has 2 N–H and O–H groups in total. The molecule has 0 aromatic rings. The lowest BCUT2D eigenvalue weighted by Gasteiger charge is -2.15. The van der Waals surface area contributed by atoms with Crippen molar-refractivity contribution in [2.24, 2.45) is 0 Å². The Labute approximate surface area is 78.6 Å². The molecule has 0 rings (SSSR count). The molecule has 0 aliphatic carbocycles. The number of rotatable bonds is 7. The second-order valence-electron chi connectivity index (χ2n) is 2.61. The van der Waals surface area contributed by atoms with E-state index in [1.54, 1.807) is 0 Å². The fourth-order valence-corrected chi connectivity index (χ4v) is 0.728. The molecule has 0 saturated heterocycles. The Morgan fingerprint density at radius 1 is 1.77 bits per heavy atom. The highest BCUT2D eigenvalue weighted by Gasteiger charge is 2.07. The summed E-state index contributed by atoms with van der Waals surface area (Å²) in [6.45, 7) is 5.66. The van der Waals surface area contributed by atoms with E-state index in [2.05, 4.69) is 11.9 Å². The molecule has 4 nitrogen and oxygen atoms in total. The molecule has 4 heteroatoms. The molecule has 76 valence electrons. The van der Waals surface area contributed by atoms with Crippen molar-refractivity contribution < 1.29 is 14.6 Å². The van der Waals surface area contributed by atoms with E-state index in [-0.39, 0.29) is 12.5 Å². The predicted molar refractivity (Wildman–Crippen MR) is 50.1 cm³/mol. The van der Waals surface area contributed by atoms with Gasteiger partial charge in [-0.15, -0.1) is 0 Å². The standard InChI is InChI=1S/C9H17NO3/c1-3-5-6-13-9(7-11)10-8(12)4-2/h4,9,11H,2-3,5-7H2,1H3,(H,10,12). The van der Waals surface area contributed by atoms with Crippen molar-refractivity contribution >= 4 is 5.91 Å². The molecule has 0 spiro atoms. The minimum Gasteiger partial charge on any atom is -0.392 e. The number of nitrogens with one attached hydrogen (secondary N) is 1. The van der Waals surface area contributed by atoms with Crippen molar-refractivity contribution in [1.29, 1.82) is 0 Å². The van der Waals surface area contributed by atoms with Crippen LogP contribution in [0.3, 0.4) is 0 Å². The van der Waals surface area contributed by atoms with Crippen LogP contribution in [0.5, 0.6) is 0 Å². The monoisotopic (exact) mass is 187 g/mol. The van der Waals surface area contributed by atoms with Gasteiger partial charge >= 0.3 is 0 Å². The molecule has 1 amide bonds. The highest BCUT2D eigenvalue weighted by Crippen LogP contribution is 1.92. The van der Waals surface area contributed by atoms with E-state index in [0.29, 0.717) is 6.61 Å². The predicted octanol–water partition coefficient (Wildman–Crippen LogP) is 0.424. The fraction of sp³-hybridized carbons (Fsp3) is 0.667. The van der Waals surface area contributed by atoms with Crippen molar-refractivity contribution in [3.8, 4) is 0 Å². The van der Waals surface area contributed by atoms with Crippen molar-refractivity contribution in [2.75, 3.05) is 13.2 Å². The van der Waals surface area contributed by atoms with Crippen LogP contribution < -0.4 is 5.32 Å². The summed E-state index contributed by atoms with van der Waals surface area (Å²) < 4.78 is 5.17. The molecule has 13 heavy (non-hydrogen) atoms. The topological polar surface area (TPSA) is 58.6 Å². The van der Waals surface area contributed by atoms with Crippen LogP contribution >= 0.6 is 0 Å². The van der Waals surface area contributed by atoms with Gasteiger partial charge in [-0.25, -0.2) is 0 Å². The maximum absolute atomic E-state index is 10.8. The second kappa shape index (κ2) is 7.76. The van der Waals surface area contributed by atoms with Crippen LogP contribution in [0.25, 0.3) is 0 Å². The third-order valence-electron chi connectivity index (χ3n) is 1.47. The Morgan fingerprint density at radius 2 is 2.46 bits per heavy atom. The van der Waals surface area contributed by atoms with E-state index in [9.17, 15) is 4.79 Å². The minimum atomic E-state index is -0.614. The number of hydrogen-bond donors (Lipinski definition) is 2. The van der Waals surface area contributed by atoms with Gasteiger partial charge in [0.05, 0.1) is 6.61 Å². The van der Waals surface area contributed by atoms with Crippen molar-refractivity contribution in [2.45, 2.75) is 26.0 Å². The normalized spacial score (nSPS) is 12.2. The number of amides is 1. The first-order valence-electron chi connectivity index (χ1n) is 4.40. The van der Waals surface area contributed by atoms with E-state index >= 15 is 0 Å².